The molecule has 0 radical (unpaired) electrons. The largest absolute Gasteiger partial charge is 0.454 e. The number of piperazine rings is 1. The summed E-state index contributed by atoms with van der Waals surface area (Å²) in [4.78, 5) is 7.04. The molecule has 0 atom stereocenters. The number of benzene rings is 1. The highest BCUT2D eigenvalue weighted by Gasteiger charge is 2.11. The molecule has 5 nitrogen and oxygen atoms in total. The molecule has 1 aliphatic heterocycles. The SMILES string of the molecule is c1ccc2c(c1)oc1c(CNCCCN3CCNCC3)nccc12. The Morgan fingerprint density at radius 2 is 2.00 bits per heavy atom. The van der Waals surface area contributed by atoms with Crippen LogP contribution in [0.5, 0.6) is 0 Å². The predicted octanol–water partition coefficient (Wildman–Crippen LogP) is 2.37. The van der Waals surface area contributed by atoms with Crippen LogP contribution in [-0.2, 0) is 6.54 Å². The number of pyridine rings is 1. The molecule has 2 N–H and O–H groups in total. The summed E-state index contributed by atoms with van der Waals surface area (Å²) < 4.78 is 6.02. The second kappa shape index (κ2) is 7.30. The highest BCUT2D eigenvalue weighted by Crippen LogP contribution is 2.29. The summed E-state index contributed by atoms with van der Waals surface area (Å²) in [6.45, 7) is 7.48. The van der Waals surface area contributed by atoms with Crippen LogP contribution in [0.15, 0.2) is 40.9 Å². The van der Waals surface area contributed by atoms with Gasteiger partial charge in [-0.2, -0.15) is 0 Å². The Hall–Kier alpha value is -1.95. The first-order valence-electron chi connectivity index (χ1n) is 8.81. The quantitative estimate of drug-likeness (QED) is 0.682. The summed E-state index contributed by atoms with van der Waals surface area (Å²) in [6.07, 6.45) is 3.04. The summed E-state index contributed by atoms with van der Waals surface area (Å²) >= 11 is 0. The van der Waals surface area contributed by atoms with Gasteiger partial charge in [-0.3, -0.25) is 4.98 Å². The standard InChI is InChI=1S/C19H24N4O/c1-2-5-18-15(4-1)16-6-8-22-17(19(16)24-18)14-21-7-3-11-23-12-9-20-10-13-23/h1-2,4-6,8,20-21H,3,7,9-14H2. The van der Waals surface area contributed by atoms with Gasteiger partial charge in [-0.25, -0.2) is 0 Å². The van der Waals surface area contributed by atoms with Crippen LogP contribution in [0.3, 0.4) is 0 Å². The molecule has 24 heavy (non-hydrogen) atoms. The van der Waals surface area contributed by atoms with Crippen molar-refractivity contribution in [2.75, 3.05) is 39.3 Å². The smallest absolute Gasteiger partial charge is 0.158 e. The molecule has 0 aliphatic carbocycles. The van der Waals surface area contributed by atoms with E-state index in [2.05, 4.69) is 26.6 Å². The van der Waals surface area contributed by atoms with Gasteiger partial charge in [-0.05, 0) is 31.6 Å². The van der Waals surface area contributed by atoms with Crippen molar-refractivity contribution in [1.29, 1.82) is 0 Å². The van der Waals surface area contributed by atoms with Gasteiger partial charge in [-0.1, -0.05) is 18.2 Å². The van der Waals surface area contributed by atoms with E-state index in [0.717, 1.165) is 66.8 Å². The van der Waals surface area contributed by atoms with Gasteiger partial charge in [0.25, 0.3) is 0 Å². The maximum absolute atomic E-state index is 6.02. The van der Waals surface area contributed by atoms with Gasteiger partial charge >= 0.3 is 0 Å². The van der Waals surface area contributed by atoms with Crippen molar-refractivity contribution in [1.82, 2.24) is 20.5 Å². The number of fused-ring (bicyclic) bond motifs is 3. The first-order valence-corrected chi connectivity index (χ1v) is 8.81. The van der Waals surface area contributed by atoms with Gasteiger partial charge in [0, 0.05) is 49.7 Å². The lowest BCUT2D eigenvalue weighted by atomic mass is 10.1. The molecule has 1 aliphatic rings. The fraction of sp³-hybridized carbons (Fsp3) is 0.421. The van der Waals surface area contributed by atoms with E-state index < -0.39 is 0 Å². The molecule has 3 aromatic rings. The number of hydrogen-bond donors (Lipinski definition) is 2. The van der Waals surface area contributed by atoms with Gasteiger partial charge in [-0.15, -0.1) is 0 Å². The minimum Gasteiger partial charge on any atom is -0.454 e. The van der Waals surface area contributed by atoms with Crippen molar-refractivity contribution in [3.05, 3.63) is 42.2 Å². The van der Waals surface area contributed by atoms with E-state index in [4.69, 9.17) is 4.42 Å². The Bertz CT molecular complexity index is 807. The van der Waals surface area contributed by atoms with Gasteiger partial charge < -0.3 is 20.0 Å². The Balaban J connectivity index is 1.36. The highest BCUT2D eigenvalue weighted by molar-refractivity contribution is 6.05. The molecule has 1 saturated heterocycles. The van der Waals surface area contributed by atoms with Crippen molar-refractivity contribution in [3.8, 4) is 0 Å². The van der Waals surface area contributed by atoms with Crippen molar-refractivity contribution in [2.24, 2.45) is 0 Å². The summed E-state index contributed by atoms with van der Waals surface area (Å²) in [5.41, 5.74) is 2.83. The highest BCUT2D eigenvalue weighted by atomic mass is 16.3. The van der Waals surface area contributed by atoms with E-state index in [1.165, 1.54) is 13.1 Å². The second-order valence-corrected chi connectivity index (χ2v) is 6.35. The van der Waals surface area contributed by atoms with Crippen molar-refractivity contribution >= 4 is 21.9 Å². The van der Waals surface area contributed by atoms with Gasteiger partial charge in [0.15, 0.2) is 5.58 Å². The summed E-state index contributed by atoms with van der Waals surface area (Å²) in [7, 11) is 0. The normalized spacial score (nSPS) is 16.2. The average Bonchev–Trinajstić information content (AvgIpc) is 3.02. The van der Waals surface area contributed by atoms with E-state index >= 15 is 0 Å². The molecule has 1 fully saturated rings. The van der Waals surface area contributed by atoms with Crippen molar-refractivity contribution in [2.45, 2.75) is 13.0 Å². The number of hydrogen-bond acceptors (Lipinski definition) is 5. The zero-order valence-electron chi connectivity index (χ0n) is 13.9. The van der Waals surface area contributed by atoms with Gasteiger partial charge in [0.05, 0.1) is 5.69 Å². The molecule has 0 amide bonds. The minimum absolute atomic E-state index is 0.749. The van der Waals surface area contributed by atoms with Crippen LogP contribution in [-0.4, -0.2) is 49.2 Å². The molecular weight excluding hydrogens is 300 g/mol. The van der Waals surface area contributed by atoms with E-state index in [1.807, 2.05) is 30.5 Å². The van der Waals surface area contributed by atoms with Crippen LogP contribution in [0.2, 0.25) is 0 Å². The maximum Gasteiger partial charge on any atom is 0.158 e. The zero-order valence-corrected chi connectivity index (χ0v) is 13.9. The van der Waals surface area contributed by atoms with Crippen LogP contribution < -0.4 is 10.6 Å². The molecule has 3 heterocycles. The molecule has 126 valence electrons. The molecule has 0 saturated carbocycles. The van der Waals surface area contributed by atoms with E-state index in [9.17, 15) is 0 Å². The number of furan rings is 1. The molecule has 5 heteroatoms. The fourth-order valence-corrected chi connectivity index (χ4v) is 3.40. The third-order valence-corrected chi connectivity index (χ3v) is 4.70. The number of nitrogens with one attached hydrogen (secondary N) is 2. The summed E-state index contributed by atoms with van der Waals surface area (Å²) in [5, 5.41) is 9.22. The van der Waals surface area contributed by atoms with E-state index in [-0.39, 0.29) is 0 Å². The topological polar surface area (TPSA) is 53.3 Å². The molecule has 1 aromatic carbocycles. The molecule has 0 spiro atoms. The minimum atomic E-state index is 0.749. The fourth-order valence-electron chi connectivity index (χ4n) is 3.40. The Labute approximate surface area is 142 Å². The van der Waals surface area contributed by atoms with Crippen LogP contribution in [0.4, 0.5) is 0 Å². The van der Waals surface area contributed by atoms with E-state index in [0.29, 0.717) is 0 Å². The van der Waals surface area contributed by atoms with Crippen molar-refractivity contribution < 1.29 is 4.42 Å². The van der Waals surface area contributed by atoms with Gasteiger partial charge in [0.2, 0.25) is 0 Å². The van der Waals surface area contributed by atoms with E-state index in [1.54, 1.807) is 0 Å². The lowest BCUT2D eigenvalue weighted by molar-refractivity contribution is 0.237. The lowest BCUT2D eigenvalue weighted by Crippen LogP contribution is -2.44. The summed E-state index contributed by atoms with van der Waals surface area (Å²) in [6, 6.07) is 10.2. The number of rotatable bonds is 6. The Morgan fingerprint density at radius 1 is 1.12 bits per heavy atom. The van der Waals surface area contributed by atoms with Crippen molar-refractivity contribution in [3.63, 3.8) is 0 Å². The van der Waals surface area contributed by atoms with Crippen LogP contribution in [0, 0.1) is 0 Å². The van der Waals surface area contributed by atoms with Crippen LogP contribution >= 0.6 is 0 Å². The summed E-state index contributed by atoms with van der Waals surface area (Å²) in [5.74, 6) is 0. The monoisotopic (exact) mass is 324 g/mol. The first-order chi connectivity index (χ1) is 11.9. The Kier molecular flexibility index (Phi) is 4.74. The molecule has 2 aromatic heterocycles. The second-order valence-electron chi connectivity index (χ2n) is 6.35. The van der Waals surface area contributed by atoms with Crippen LogP contribution in [0.25, 0.3) is 21.9 Å². The predicted molar refractivity (Wildman–Crippen MR) is 97.1 cm³/mol. The van der Waals surface area contributed by atoms with Gasteiger partial charge in [0.1, 0.15) is 5.58 Å². The third-order valence-electron chi connectivity index (χ3n) is 4.70. The Morgan fingerprint density at radius 3 is 2.92 bits per heavy atom. The number of para-hydroxylation sites is 1. The molecule has 0 bridgehead atoms. The first kappa shape index (κ1) is 15.6. The maximum atomic E-state index is 6.02. The third kappa shape index (κ3) is 3.29. The zero-order chi connectivity index (χ0) is 16.2. The lowest BCUT2D eigenvalue weighted by Gasteiger charge is -2.27. The molecule has 0 unspecified atom stereocenters. The number of aromatic nitrogens is 1. The number of nitrogens with zero attached hydrogens (tertiary/aromatic N) is 2. The van der Waals surface area contributed by atoms with Crippen LogP contribution in [0.1, 0.15) is 12.1 Å². The average molecular weight is 324 g/mol. The molecule has 4 rings (SSSR count). The molecular formula is C19H24N4O.